The van der Waals surface area contributed by atoms with E-state index in [0.29, 0.717) is 11.1 Å². The largest absolute Gasteiger partial charge is 0.484 e. The summed E-state index contributed by atoms with van der Waals surface area (Å²) in [4.78, 5) is 12.1. The van der Waals surface area contributed by atoms with Crippen LogP contribution in [0.4, 0.5) is 5.69 Å². The molecule has 0 aliphatic carbocycles. The fraction of sp³-hybridized carbons (Fsp3) is 0.211. The Morgan fingerprint density at radius 2 is 2.04 bits per heavy atom. The third-order valence-electron chi connectivity index (χ3n) is 3.62. The van der Waals surface area contributed by atoms with Crippen LogP contribution in [0, 0.1) is 17.4 Å². The number of ether oxygens (including phenoxy) is 1. The maximum Gasteiger partial charge on any atom is 0.277 e. The molecule has 8 heteroatoms. The topological polar surface area (TPSA) is 77.2 Å². The van der Waals surface area contributed by atoms with Crippen molar-refractivity contribution >= 4 is 45.9 Å². The summed E-state index contributed by atoms with van der Waals surface area (Å²) >= 11 is 3.37. The third-order valence-corrected chi connectivity index (χ3v) is 5.38. The van der Waals surface area contributed by atoms with E-state index in [1.807, 2.05) is 56.3 Å². The number of hydrogen-bond acceptors (Lipinski definition) is 6. The highest BCUT2D eigenvalue weighted by atomic mass is 127. The molecule has 0 spiro atoms. The number of benzene rings is 2. The van der Waals surface area contributed by atoms with Gasteiger partial charge in [0.1, 0.15) is 5.75 Å². The zero-order chi connectivity index (χ0) is 19.2. The Bertz CT molecular complexity index is 945. The van der Waals surface area contributed by atoms with E-state index in [2.05, 4.69) is 38.1 Å². The molecule has 0 unspecified atom stereocenters. The van der Waals surface area contributed by atoms with Gasteiger partial charge in [-0.1, -0.05) is 36.0 Å². The first kappa shape index (κ1) is 19.7. The fourth-order valence-electron chi connectivity index (χ4n) is 2.23. The van der Waals surface area contributed by atoms with Crippen LogP contribution in [-0.4, -0.2) is 21.9 Å². The van der Waals surface area contributed by atoms with Gasteiger partial charge < -0.3 is 14.5 Å². The van der Waals surface area contributed by atoms with Crippen molar-refractivity contribution in [3.05, 3.63) is 63.1 Å². The van der Waals surface area contributed by atoms with Crippen LogP contribution in [0.1, 0.15) is 17.0 Å². The first-order chi connectivity index (χ1) is 13.0. The molecule has 27 heavy (non-hydrogen) atoms. The number of carbonyl (C=O) groups excluding carboxylic acids is 1. The Hall–Kier alpha value is -2.07. The molecule has 0 radical (unpaired) electrons. The van der Waals surface area contributed by atoms with Crippen molar-refractivity contribution in [1.82, 2.24) is 10.2 Å². The molecular weight excluding hydrogens is 477 g/mol. The zero-order valence-corrected chi connectivity index (χ0v) is 17.8. The number of thioether (sulfide) groups is 1. The summed E-state index contributed by atoms with van der Waals surface area (Å²) in [6.07, 6.45) is 0. The zero-order valence-electron chi connectivity index (χ0n) is 14.9. The van der Waals surface area contributed by atoms with Crippen LogP contribution < -0.4 is 10.1 Å². The van der Waals surface area contributed by atoms with Gasteiger partial charge in [0.2, 0.25) is 5.91 Å². The van der Waals surface area contributed by atoms with Gasteiger partial charge in [-0.25, -0.2) is 0 Å². The molecule has 1 amide bonds. The van der Waals surface area contributed by atoms with E-state index in [9.17, 15) is 4.79 Å². The summed E-state index contributed by atoms with van der Waals surface area (Å²) < 4.78 is 12.3. The minimum Gasteiger partial charge on any atom is -0.484 e. The quantitative estimate of drug-likeness (QED) is 0.382. The monoisotopic (exact) mass is 495 g/mol. The van der Waals surface area contributed by atoms with Crippen LogP contribution in [0.2, 0.25) is 0 Å². The van der Waals surface area contributed by atoms with Gasteiger partial charge in [-0.15, -0.1) is 10.2 Å². The minimum atomic E-state index is -0.129. The number of aromatic nitrogens is 2. The van der Waals surface area contributed by atoms with Crippen molar-refractivity contribution in [1.29, 1.82) is 0 Å². The lowest BCUT2D eigenvalue weighted by molar-refractivity contribution is -0.113. The molecule has 3 aromatic rings. The summed E-state index contributed by atoms with van der Waals surface area (Å²) in [5.41, 5.74) is 2.95. The first-order valence-corrected chi connectivity index (χ1v) is 10.3. The van der Waals surface area contributed by atoms with Crippen molar-refractivity contribution in [2.45, 2.75) is 25.7 Å². The molecule has 6 nitrogen and oxygen atoms in total. The van der Waals surface area contributed by atoms with Gasteiger partial charge >= 0.3 is 0 Å². The van der Waals surface area contributed by atoms with Crippen LogP contribution in [0.25, 0.3) is 0 Å². The molecule has 0 fully saturated rings. The molecule has 1 N–H and O–H groups in total. The van der Waals surface area contributed by atoms with Gasteiger partial charge in [-0.3, -0.25) is 4.79 Å². The van der Waals surface area contributed by atoms with E-state index >= 15 is 0 Å². The molecule has 0 atom stereocenters. The van der Waals surface area contributed by atoms with E-state index in [4.69, 9.17) is 9.15 Å². The Balaban J connectivity index is 1.50. The standard InChI is InChI=1S/C19H18IN3O3S/c1-12-7-8-13(2)16(9-12)25-10-18-22-23-19(26-18)27-11-17(24)21-15-6-4-3-5-14(15)20/h3-9H,10-11H2,1-2H3,(H,21,24). The molecule has 0 saturated heterocycles. The maximum atomic E-state index is 12.1. The molecule has 1 heterocycles. The molecule has 0 bridgehead atoms. The summed E-state index contributed by atoms with van der Waals surface area (Å²) in [6.45, 7) is 4.18. The molecular formula is C19H18IN3O3S. The molecule has 1 aromatic heterocycles. The van der Waals surface area contributed by atoms with Gasteiger partial charge in [-0.05, 0) is 65.8 Å². The highest BCUT2D eigenvalue weighted by molar-refractivity contribution is 14.1. The first-order valence-electron chi connectivity index (χ1n) is 8.21. The Morgan fingerprint density at radius 3 is 2.85 bits per heavy atom. The summed E-state index contributed by atoms with van der Waals surface area (Å²) in [7, 11) is 0. The van der Waals surface area contributed by atoms with Gasteiger partial charge in [0.05, 0.1) is 11.4 Å². The van der Waals surface area contributed by atoms with Crippen molar-refractivity contribution in [3.63, 3.8) is 0 Å². The minimum absolute atomic E-state index is 0.129. The van der Waals surface area contributed by atoms with Gasteiger partial charge in [0.25, 0.3) is 11.1 Å². The van der Waals surface area contributed by atoms with E-state index in [1.54, 1.807) is 0 Å². The van der Waals surface area contributed by atoms with Crippen LogP contribution in [0.5, 0.6) is 5.75 Å². The summed E-state index contributed by atoms with van der Waals surface area (Å²) in [6, 6.07) is 13.6. The van der Waals surface area contributed by atoms with Crippen molar-refractivity contribution in [3.8, 4) is 5.75 Å². The average Bonchev–Trinajstić information content (AvgIpc) is 3.11. The number of rotatable bonds is 7. The number of para-hydroxylation sites is 1. The van der Waals surface area contributed by atoms with E-state index in [0.717, 1.165) is 26.1 Å². The highest BCUT2D eigenvalue weighted by Gasteiger charge is 2.12. The van der Waals surface area contributed by atoms with E-state index < -0.39 is 0 Å². The fourth-order valence-corrected chi connectivity index (χ4v) is 3.34. The average molecular weight is 495 g/mol. The number of hydrogen-bond donors (Lipinski definition) is 1. The molecule has 0 aliphatic heterocycles. The van der Waals surface area contributed by atoms with Gasteiger partial charge in [0, 0.05) is 3.57 Å². The number of nitrogens with zero attached hydrogens (tertiary/aromatic N) is 2. The number of nitrogens with one attached hydrogen (secondary N) is 1. The van der Waals surface area contributed by atoms with E-state index in [1.165, 1.54) is 11.8 Å². The second-order valence-electron chi connectivity index (χ2n) is 5.84. The second kappa shape index (κ2) is 9.23. The van der Waals surface area contributed by atoms with Gasteiger partial charge in [0.15, 0.2) is 6.61 Å². The van der Waals surface area contributed by atoms with Crippen LogP contribution in [-0.2, 0) is 11.4 Å². The summed E-state index contributed by atoms with van der Waals surface area (Å²) in [5.74, 6) is 1.22. The number of aryl methyl sites for hydroxylation is 2. The molecule has 0 saturated carbocycles. The number of halogens is 1. The Morgan fingerprint density at radius 1 is 1.22 bits per heavy atom. The maximum absolute atomic E-state index is 12.1. The van der Waals surface area contributed by atoms with Crippen LogP contribution in [0.3, 0.4) is 0 Å². The smallest absolute Gasteiger partial charge is 0.277 e. The number of anilines is 1. The predicted molar refractivity (Wildman–Crippen MR) is 113 cm³/mol. The Kier molecular flexibility index (Phi) is 6.73. The molecule has 2 aromatic carbocycles. The normalized spacial score (nSPS) is 10.6. The van der Waals surface area contributed by atoms with Crippen molar-refractivity contribution in [2.24, 2.45) is 0 Å². The second-order valence-corrected chi connectivity index (χ2v) is 7.92. The van der Waals surface area contributed by atoms with Crippen LogP contribution >= 0.6 is 34.4 Å². The molecule has 0 aliphatic rings. The molecule has 3 rings (SSSR count). The van der Waals surface area contributed by atoms with Crippen molar-refractivity contribution in [2.75, 3.05) is 11.1 Å². The lowest BCUT2D eigenvalue weighted by Crippen LogP contribution is -2.14. The predicted octanol–water partition coefficient (Wildman–Crippen LogP) is 4.60. The molecule has 140 valence electrons. The highest BCUT2D eigenvalue weighted by Crippen LogP contribution is 2.22. The Labute approximate surface area is 175 Å². The van der Waals surface area contributed by atoms with Crippen LogP contribution in [0.15, 0.2) is 52.1 Å². The lowest BCUT2D eigenvalue weighted by atomic mass is 10.1. The number of carbonyl (C=O) groups is 1. The summed E-state index contributed by atoms with van der Waals surface area (Å²) in [5, 5.41) is 11.1. The van der Waals surface area contributed by atoms with Crippen molar-refractivity contribution < 1.29 is 13.9 Å². The number of amides is 1. The van der Waals surface area contributed by atoms with E-state index in [-0.39, 0.29) is 18.3 Å². The SMILES string of the molecule is Cc1ccc(C)c(OCc2nnc(SCC(=O)Nc3ccccc3I)o2)c1. The lowest BCUT2D eigenvalue weighted by Gasteiger charge is -2.07. The van der Waals surface area contributed by atoms with Gasteiger partial charge in [-0.2, -0.15) is 0 Å². The third kappa shape index (κ3) is 5.70.